The van der Waals surface area contributed by atoms with Gasteiger partial charge in [0.1, 0.15) is 0 Å². The molecule has 0 fully saturated rings. The predicted molar refractivity (Wildman–Crippen MR) is 62.2 cm³/mol. The van der Waals surface area contributed by atoms with Crippen molar-refractivity contribution in [2.24, 2.45) is 0 Å². The second-order valence-corrected chi connectivity index (χ2v) is 3.83. The highest BCUT2D eigenvalue weighted by Crippen LogP contribution is 2.18. The summed E-state index contributed by atoms with van der Waals surface area (Å²) in [5.41, 5.74) is 3.39. The number of para-hydroxylation sites is 1. The second kappa shape index (κ2) is 3.85. The van der Waals surface area contributed by atoms with Crippen LogP contribution in [-0.2, 0) is 0 Å². The lowest BCUT2D eigenvalue weighted by atomic mass is 10.2. The molecule has 3 heteroatoms. The van der Waals surface area contributed by atoms with Crippen molar-refractivity contribution in [1.82, 2.24) is 4.57 Å². The van der Waals surface area contributed by atoms with E-state index in [4.69, 9.17) is 5.11 Å². The van der Waals surface area contributed by atoms with Gasteiger partial charge in [-0.05, 0) is 31.5 Å². The van der Waals surface area contributed by atoms with E-state index in [9.17, 15) is 4.79 Å². The Hall–Kier alpha value is -2.03. The van der Waals surface area contributed by atoms with Crippen LogP contribution in [-0.4, -0.2) is 15.6 Å². The van der Waals surface area contributed by atoms with Gasteiger partial charge in [0.2, 0.25) is 0 Å². The number of aromatic nitrogens is 1. The Morgan fingerprint density at radius 1 is 1.25 bits per heavy atom. The summed E-state index contributed by atoms with van der Waals surface area (Å²) in [5, 5.41) is 8.93. The number of aromatic carboxylic acids is 1. The average Bonchev–Trinajstić information content (AvgIpc) is 2.61. The molecule has 0 aliphatic rings. The largest absolute Gasteiger partial charge is 0.478 e. The molecule has 1 heterocycles. The lowest BCUT2D eigenvalue weighted by Gasteiger charge is -2.08. The van der Waals surface area contributed by atoms with Crippen molar-refractivity contribution in [2.45, 2.75) is 13.8 Å². The summed E-state index contributed by atoms with van der Waals surface area (Å²) in [6, 6.07) is 9.58. The van der Waals surface area contributed by atoms with Gasteiger partial charge in [0.25, 0.3) is 0 Å². The van der Waals surface area contributed by atoms with E-state index < -0.39 is 5.97 Å². The number of carboxylic acid groups (broad SMARTS) is 1. The first-order chi connectivity index (χ1) is 7.59. The van der Waals surface area contributed by atoms with Crippen molar-refractivity contribution in [1.29, 1.82) is 0 Å². The molecule has 0 spiro atoms. The fraction of sp³-hybridized carbons (Fsp3) is 0.154. The van der Waals surface area contributed by atoms with Gasteiger partial charge in [0.15, 0.2) is 0 Å². The monoisotopic (exact) mass is 215 g/mol. The van der Waals surface area contributed by atoms with Gasteiger partial charge < -0.3 is 9.67 Å². The Kier molecular flexibility index (Phi) is 2.52. The van der Waals surface area contributed by atoms with E-state index in [0.717, 1.165) is 16.9 Å². The van der Waals surface area contributed by atoms with Crippen LogP contribution in [0, 0.1) is 13.8 Å². The molecular weight excluding hydrogens is 202 g/mol. The summed E-state index contributed by atoms with van der Waals surface area (Å²) in [5.74, 6) is -0.893. The summed E-state index contributed by atoms with van der Waals surface area (Å²) < 4.78 is 1.90. The number of carboxylic acids is 1. The lowest BCUT2D eigenvalue weighted by Crippen LogP contribution is -1.97. The maximum atomic E-state index is 10.9. The predicted octanol–water partition coefficient (Wildman–Crippen LogP) is 2.79. The van der Waals surface area contributed by atoms with Gasteiger partial charge in [-0.2, -0.15) is 0 Å². The normalized spacial score (nSPS) is 10.4. The molecule has 0 atom stereocenters. The molecule has 16 heavy (non-hydrogen) atoms. The van der Waals surface area contributed by atoms with E-state index in [1.54, 1.807) is 12.3 Å². The maximum absolute atomic E-state index is 10.9. The molecule has 82 valence electrons. The lowest BCUT2D eigenvalue weighted by molar-refractivity contribution is 0.0697. The molecule has 0 amide bonds. The van der Waals surface area contributed by atoms with Crippen LogP contribution < -0.4 is 0 Å². The third kappa shape index (κ3) is 1.72. The minimum Gasteiger partial charge on any atom is -0.478 e. The summed E-state index contributed by atoms with van der Waals surface area (Å²) in [6.07, 6.45) is 1.65. The molecule has 1 aromatic carbocycles. The maximum Gasteiger partial charge on any atom is 0.337 e. The quantitative estimate of drug-likeness (QED) is 0.837. The highest BCUT2D eigenvalue weighted by atomic mass is 16.4. The Morgan fingerprint density at radius 2 is 1.94 bits per heavy atom. The molecule has 0 radical (unpaired) electrons. The fourth-order valence-electron chi connectivity index (χ4n) is 1.78. The molecule has 0 bridgehead atoms. The zero-order valence-electron chi connectivity index (χ0n) is 9.27. The van der Waals surface area contributed by atoms with E-state index >= 15 is 0 Å². The van der Waals surface area contributed by atoms with Gasteiger partial charge in [0.05, 0.1) is 5.56 Å². The molecule has 0 saturated heterocycles. The number of benzene rings is 1. The second-order valence-electron chi connectivity index (χ2n) is 3.83. The molecular formula is C13H13NO2. The van der Waals surface area contributed by atoms with Gasteiger partial charge in [-0.25, -0.2) is 4.79 Å². The van der Waals surface area contributed by atoms with Crippen LogP contribution in [0.4, 0.5) is 0 Å². The number of hydrogen-bond acceptors (Lipinski definition) is 1. The first-order valence-electron chi connectivity index (χ1n) is 5.08. The Balaban J connectivity index is 2.57. The number of nitrogens with zero attached hydrogens (tertiary/aromatic N) is 1. The number of rotatable bonds is 2. The van der Waals surface area contributed by atoms with Gasteiger partial charge in [-0.3, -0.25) is 0 Å². The Bertz CT molecular complexity index is 541. The summed E-state index contributed by atoms with van der Waals surface area (Å²) >= 11 is 0. The van der Waals surface area contributed by atoms with Crippen molar-refractivity contribution in [3.63, 3.8) is 0 Å². The van der Waals surface area contributed by atoms with Crippen LogP contribution in [0.5, 0.6) is 0 Å². The minimum absolute atomic E-state index is 0.320. The zero-order chi connectivity index (χ0) is 11.7. The molecule has 3 nitrogen and oxygen atoms in total. The fourth-order valence-corrected chi connectivity index (χ4v) is 1.78. The van der Waals surface area contributed by atoms with Crippen LogP contribution >= 0.6 is 0 Å². The molecule has 1 N–H and O–H groups in total. The zero-order valence-corrected chi connectivity index (χ0v) is 9.27. The Labute approximate surface area is 94.0 Å². The third-order valence-electron chi connectivity index (χ3n) is 2.63. The van der Waals surface area contributed by atoms with Crippen molar-refractivity contribution < 1.29 is 9.90 Å². The van der Waals surface area contributed by atoms with Crippen LogP contribution in [0.15, 0.2) is 36.5 Å². The van der Waals surface area contributed by atoms with Crippen molar-refractivity contribution >= 4 is 5.97 Å². The molecule has 0 unspecified atom stereocenters. The smallest absolute Gasteiger partial charge is 0.337 e. The van der Waals surface area contributed by atoms with Gasteiger partial charge in [-0.15, -0.1) is 0 Å². The summed E-state index contributed by atoms with van der Waals surface area (Å²) in [4.78, 5) is 10.9. The van der Waals surface area contributed by atoms with Crippen molar-refractivity contribution in [3.8, 4) is 5.69 Å². The van der Waals surface area contributed by atoms with Crippen LogP contribution in [0.1, 0.15) is 21.6 Å². The summed E-state index contributed by atoms with van der Waals surface area (Å²) in [7, 11) is 0. The Morgan fingerprint density at radius 3 is 2.50 bits per heavy atom. The van der Waals surface area contributed by atoms with Crippen LogP contribution in [0.3, 0.4) is 0 Å². The third-order valence-corrected chi connectivity index (χ3v) is 2.63. The van der Waals surface area contributed by atoms with E-state index in [0.29, 0.717) is 5.56 Å². The van der Waals surface area contributed by atoms with Crippen LogP contribution in [0.25, 0.3) is 5.69 Å². The minimum atomic E-state index is -0.893. The first kappa shape index (κ1) is 10.5. The molecule has 1 aromatic heterocycles. The van der Waals surface area contributed by atoms with Gasteiger partial charge >= 0.3 is 5.97 Å². The van der Waals surface area contributed by atoms with E-state index in [1.165, 1.54) is 0 Å². The summed E-state index contributed by atoms with van der Waals surface area (Å²) in [6.45, 7) is 3.91. The van der Waals surface area contributed by atoms with Crippen molar-refractivity contribution in [3.05, 3.63) is 53.3 Å². The number of aryl methyl sites for hydroxylation is 2. The highest BCUT2D eigenvalue weighted by Gasteiger charge is 2.10. The van der Waals surface area contributed by atoms with Gasteiger partial charge in [-0.1, -0.05) is 18.2 Å². The molecule has 0 aliphatic heterocycles. The number of hydrogen-bond donors (Lipinski definition) is 1. The average molecular weight is 215 g/mol. The van der Waals surface area contributed by atoms with Crippen molar-refractivity contribution in [2.75, 3.05) is 0 Å². The van der Waals surface area contributed by atoms with E-state index in [2.05, 4.69) is 0 Å². The standard InChI is InChI=1S/C13H13NO2/c1-9-5-3-4-6-12(9)14-8-11(13(15)16)7-10(14)2/h3-8H,1-2H3,(H,15,16). The number of carbonyl (C=O) groups is 1. The van der Waals surface area contributed by atoms with Gasteiger partial charge in [0, 0.05) is 17.6 Å². The molecule has 2 aromatic rings. The van der Waals surface area contributed by atoms with Crippen LogP contribution in [0.2, 0.25) is 0 Å². The first-order valence-corrected chi connectivity index (χ1v) is 5.08. The van der Waals surface area contributed by atoms with E-state index in [1.807, 2.05) is 42.7 Å². The molecule has 0 saturated carbocycles. The molecule has 2 rings (SSSR count). The SMILES string of the molecule is Cc1ccccc1-n1cc(C(=O)O)cc1C. The highest BCUT2D eigenvalue weighted by molar-refractivity contribution is 5.87. The topological polar surface area (TPSA) is 42.2 Å². The van der Waals surface area contributed by atoms with E-state index in [-0.39, 0.29) is 0 Å². The molecule has 0 aliphatic carbocycles.